The van der Waals surface area contributed by atoms with Gasteiger partial charge in [0.2, 0.25) is 0 Å². The number of anilines is 1. The predicted octanol–water partition coefficient (Wildman–Crippen LogP) is 2.80. The highest BCUT2D eigenvalue weighted by atomic mass is 35.5. The van der Waals surface area contributed by atoms with Crippen molar-refractivity contribution in [2.45, 2.75) is 0 Å². The van der Waals surface area contributed by atoms with Crippen molar-refractivity contribution < 1.29 is 9.59 Å². The molecule has 2 heterocycles. The first kappa shape index (κ1) is 13.8. The number of carbonyl (C=O) groups excluding carboxylic acids is 2. The van der Waals surface area contributed by atoms with Crippen LogP contribution in [0.1, 0.15) is 20.7 Å². The third-order valence-corrected chi connectivity index (χ3v) is 3.56. The Labute approximate surface area is 122 Å². The van der Waals surface area contributed by atoms with Crippen LogP contribution in [-0.4, -0.2) is 16.8 Å². The van der Waals surface area contributed by atoms with Crippen molar-refractivity contribution in [1.82, 2.24) is 4.98 Å². The van der Waals surface area contributed by atoms with Gasteiger partial charge in [0.25, 0.3) is 11.8 Å². The van der Waals surface area contributed by atoms with Crippen LogP contribution in [0.5, 0.6) is 0 Å². The van der Waals surface area contributed by atoms with Crippen LogP contribution in [0, 0.1) is 0 Å². The molecule has 19 heavy (non-hydrogen) atoms. The molecule has 8 heteroatoms. The molecule has 0 aliphatic heterocycles. The fourth-order valence-corrected chi connectivity index (χ4v) is 2.49. The maximum atomic E-state index is 12.0. The lowest BCUT2D eigenvalue weighted by Crippen LogP contribution is -2.16. The molecule has 2 aromatic heterocycles. The smallest absolute Gasteiger partial charge is 0.257 e. The second kappa shape index (κ2) is 5.56. The summed E-state index contributed by atoms with van der Waals surface area (Å²) >= 11 is 12.8. The van der Waals surface area contributed by atoms with Gasteiger partial charge in [0.05, 0.1) is 16.1 Å². The van der Waals surface area contributed by atoms with Crippen LogP contribution in [0.25, 0.3) is 0 Å². The lowest BCUT2D eigenvalue weighted by Gasteiger charge is -2.06. The number of halogens is 2. The van der Waals surface area contributed by atoms with Crippen LogP contribution in [0.4, 0.5) is 5.00 Å². The van der Waals surface area contributed by atoms with Gasteiger partial charge in [0.1, 0.15) is 10.2 Å². The van der Waals surface area contributed by atoms with Gasteiger partial charge in [-0.15, -0.1) is 11.3 Å². The standard InChI is InChI=1S/C11H7Cl2N3O2S/c12-7-4-15-8(13)3-6(7)10(18)16-11-5(9(14)17)1-2-19-11/h1-4H,(H2,14,17)(H,16,18). The maximum Gasteiger partial charge on any atom is 0.257 e. The first-order chi connectivity index (χ1) is 8.99. The molecule has 0 atom stereocenters. The molecule has 0 aromatic carbocycles. The van der Waals surface area contributed by atoms with E-state index in [1.807, 2.05) is 0 Å². The van der Waals surface area contributed by atoms with E-state index in [1.165, 1.54) is 29.7 Å². The molecule has 0 bridgehead atoms. The number of hydrogen-bond donors (Lipinski definition) is 2. The predicted molar refractivity (Wildman–Crippen MR) is 75.0 cm³/mol. The van der Waals surface area contributed by atoms with E-state index in [4.69, 9.17) is 28.9 Å². The van der Waals surface area contributed by atoms with Crippen LogP contribution in [0.15, 0.2) is 23.7 Å². The molecule has 0 aliphatic carbocycles. The average Bonchev–Trinajstić information content (AvgIpc) is 2.80. The number of amides is 2. The van der Waals surface area contributed by atoms with E-state index in [0.717, 1.165) is 0 Å². The molecular weight excluding hydrogens is 309 g/mol. The number of aromatic nitrogens is 1. The molecule has 0 saturated heterocycles. The molecule has 0 saturated carbocycles. The molecule has 0 spiro atoms. The van der Waals surface area contributed by atoms with Gasteiger partial charge in [-0.3, -0.25) is 9.59 Å². The maximum absolute atomic E-state index is 12.0. The van der Waals surface area contributed by atoms with Crippen molar-refractivity contribution >= 4 is 51.4 Å². The zero-order chi connectivity index (χ0) is 14.0. The van der Waals surface area contributed by atoms with Gasteiger partial charge < -0.3 is 11.1 Å². The molecule has 5 nitrogen and oxygen atoms in total. The number of pyridine rings is 1. The highest BCUT2D eigenvalue weighted by Crippen LogP contribution is 2.25. The van der Waals surface area contributed by atoms with Crippen molar-refractivity contribution in [1.29, 1.82) is 0 Å². The third kappa shape index (κ3) is 3.04. The molecule has 3 N–H and O–H groups in total. The molecule has 0 fully saturated rings. The zero-order valence-corrected chi connectivity index (χ0v) is 11.6. The molecule has 2 amide bonds. The third-order valence-electron chi connectivity index (χ3n) is 2.22. The van der Waals surface area contributed by atoms with E-state index in [9.17, 15) is 9.59 Å². The number of rotatable bonds is 3. The van der Waals surface area contributed by atoms with Gasteiger partial charge in [-0.2, -0.15) is 0 Å². The summed E-state index contributed by atoms with van der Waals surface area (Å²) in [5, 5.41) is 4.89. The number of hydrogen-bond acceptors (Lipinski definition) is 4. The van der Waals surface area contributed by atoms with Gasteiger partial charge in [-0.1, -0.05) is 23.2 Å². The Bertz CT molecular complexity index is 657. The van der Waals surface area contributed by atoms with E-state index in [2.05, 4.69) is 10.3 Å². The quantitative estimate of drug-likeness (QED) is 0.854. The minimum absolute atomic E-state index is 0.149. The highest BCUT2D eigenvalue weighted by Gasteiger charge is 2.16. The second-order valence-electron chi connectivity index (χ2n) is 3.47. The molecule has 98 valence electrons. The van der Waals surface area contributed by atoms with Crippen LogP contribution < -0.4 is 11.1 Å². The van der Waals surface area contributed by atoms with Gasteiger partial charge in [-0.25, -0.2) is 4.98 Å². The summed E-state index contributed by atoms with van der Waals surface area (Å²) in [5.74, 6) is -1.10. The van der Waals surface area contributed by atoms with Crippen molar-refractivity contribution in [3.8, 4) is 0 Å². The Kier molecular flexibility index (Phi) is 4.04. The summed E-state index contributed by atoms with van der Waals surface area (Å²) in [5.41, 5.74) is 5.60. The number of nitrogens with zero attached hydrogens (tertiary/aromatic N) is 1. The van der Waals surface area contributed by atoms with Crippen LogP contribution in [0.2, 0.25) is 10.2 Å². The molecule has 2 aromatic rings. The normalized spacial score (nSPS) is 10.2. The van der Waals surface area contributed by atoms with E-state index < -0.39 is 11.8 Å². The summed E-state index contributed by atoms with van der Waals surface area (Å²) in [4.78, 5) is 26.9. The summed E-state index contributed by atoms with van der Waals surface area (Å²) in [6, 6.07) is 2.88. The second-order valence-corrected chi connectivity index (χ2v) is 5.18. The SMILES string of the molecule is NC(=O)c1ccsc1NC(=O)c1cc(Cl)ncc1Cl. The van der Waals surface area contributed by atoms with E-state index >= 15 is 0 Å². The summed E-state index contributed by atoms with van der Waals surface area (Å²) < 4.78 is 0. The minimum Gasteiger partial charge on any atom is -0.366 e. The summed E-state index contributed by atoms with van der Waals surface area (Å²) in [6.07, 6.45) is 1.28. The van der Waals surface area contributed by atoms with Crippen molar-refractivity contribution in [2.24, 2.45) is 5.73 Å². The Hall–Kier alpha value is -1.63. The molecule has 0 radical (unpaired) electrons. The zero-order valence-electron chi connectivity index (χ0n) is 9.31. The number of carbonyl (C=O) groups is 2. The number of nitrogens with two attached hydrogens (primary N) is 1. The number of nitrogens with one attached hydrogen (secondary N) is 1. The van der Waals surface area contributed by atoms with Crippen LogP contribution in [0.3, 0.4) is 0 Å². The van der Waals surface area contributed by atoms with Crippen molar-refractivity contribution in [3.05, 3.63) is 45.0 Å². The lowest BCUT2D eigenvalue weighted by atomic mass is 10.2. The number of primary amides is 1. The van der Waals surface area contributed by atoms with E-state index in [0.29, 0.717) is 5.00 Å². The van der Waals surface area contributed by atoms with E-state index in [1.54, 1.807) is 5.38 Å². The van der Waals surface area contributed by atoms with Crippen molar-refractivity contribution in [3.63, 3.8) is 0 Å². The minimum atomic E-state index is -0.615. The summed E-state index contributed by atoms with van der Waals surface area (Å²) in [6.45, 7) is 0. The lowest BCUT2D eigenvalue weighted by molar-refractivity contribution is 0.100. The number of thiophene rings is 1. The van der Waals surface area contributed by atoms with Crippen molar-refractivity contribution in [2.75, 3.05) is 5.32 Å². The fourth-order valence-electron chi connectivity index (χ4n) is 1.36. The van der Waals surface area contributed by atoms with Gasteiger partial charge in [-0.05, 0) is 17.5 Å². The highest BCUT2D eigenvalue weighted by molar-refractivity contribution is 7.14. The topological polar surface area (TPSA) is 85.1 Å². The van der Waals surface area contributed by atoms with Crippen LogP contribution in [-0.2, 0) is 0 Å². The van der Waals surface area contributed by atoms with E-state index in [-0.39, 0.29) is 21.3 Å². The first-order valence-corrected chi connectivity index (χ1v) is 6.62. The largest absolute Gasteiger partial charge is 0.366 e. The van der Waals surface area contributed by atoms with Gasteiger partial charge >= 0.3 is 0 Å². The fraction of sp³-hybridized carbons (Fsp3) is 0. The summed E-state index contributed by atoms with van der Waals surface area (Å²) in [7, 11) is 0. The Balaban J connectivity index is 2.28. The van der Waals surface area contributed by atoms with Gasteiger partial charge in [0.15, 0.2) is 0 Å². The Morgan fingerprint density at radius 3 is 2.74 bits per heavy atom. The monoisotopic (exact) mass is 315 g/mol. The Morgan fingerprint density at radius 1 is 1.32 bits per heavy atom. The molecular formula is C11H7Cl2N3O2S. The van der Waals surface area contributed by atoms with Gasteiger partial charge in [0, 0.05) is 6.20 Å². The molecule has 2 rings (SSSR count). The molecule has 0 aliphatic rings. The molecule has 0 unspecified atom stereocenters. The first-order valence-electron chi connectivity index (χ1n) is 4.98. The Morgan fingerprint density at radius 2 is 2.05 bits per heavy atom. The van der Waals surface area contributed by atoms with Crippen LogP contribution >= 0.6 is 34.5 Å². The average molecular weight is 316 g/mol.